The predicted molar refractivity (Wildman–Crippen MR) is 99.3 cm³/mol. The topological polar surface area (TPSA) is 66.6 Å². The molecule has 2 atom stereocenters. The number of hydrogen-bond acceptors (Lipinski definition) is 4. The molecule has 0 unspecified atom stereocenters. The van der Waals surface area contributed by atoms with Gasteiger partial charge in [0.15, 0.2) is 0 Å². The van der Waals surface area contributed by atoms with E-state index in [0.29, 0.717) is 18.0 Å². The van der Waals surface area contributed by atoms with Gasteiger partial charge < -0.3 is 10.6 Å². The molecule has 132 valence electrons. The molecule has 1 saturated heterocycles. The van der Waals surface area contributed by atoms with Crippen molar-refractivity contribution < 1.29 is 8.42 Å². The number of sulfonamides is 1. The lowest BCUT2D eigenvalue weighted by Crippen LogP contribution is -2.32. The van der Waals surface area contributed by atoms with Gasteiger partial charge in [0.2, 0.25) is 10.0 Å². The van der Waals surface area contributed by atoms with Crippen LogP contribution in [0.1, 0.15) is 17.0 Å². The Morgan fingerprint density at radius 1 is 1.08 bits per heavy atom. The minimum atomic E-state index is -3.53. The van der Waals surface area contributed by atoms with Crippen molar-refractivity contribution in [1.82, 2.24) is 4.31 Å². The number of nitrogens with zero attached hydrogens (tertiary/aromatic N) is 2. The summed E-state index contributed by atoms with van der Waals surface area (Å²) in [7, 11) is -1.53. The third-order valence-corrected chi connectivity index (χ3v) is 7.21. The van der Waals surface area contributed by atoms with Crippen molar-refractivity contribution in [2.45, 2.75) is 23.3 Å². The summed E-state index contributed by atoms with van der Waals surface area (Å²) in [5, 5.41) is 0. The van der Waals surface area contributed by atoms with Crippen LogP contribution in [0.5, 0.6) is 0 Å². The number of nitrogens with two attached hydrogens (primary N) is 1. The van der Waals surface area contributed by atoms with Crippen LogP contribution in [0.3, 0.4) is 0 Å². The molecule has 0 aliphatic carbocycles. The zero-order valence-corrected chi connectivity index (χ0v) is 15.1. The van der Waals surface area contributed by atoms with Crippen molar-refractivity contribution in [2.75, 3.05) is 31.6 Å². The lowest BCUT2D eigenvalue weighted by atomic mass is 9.95. The summed E-state index contributed by atoms with van der Waals surface area (Å²) in [4.78, 5) is 2.47. The molecular weight excluding hydrogens is 334 g/mol. The number of anilines is 1. The van der Waals surface area contributed by atoms with Gasteiger partial charge in [-0.05, 0) is 29.7 Å². The highest BCUT2D eigenvalue weighted by Gasteiger charge is 2.38. The molecule has 4 rings (SSSR count). The maximum atomic E-state index is 13.1. The van der Waals surface area contributed by atoms with Crippen LogP contribution in [0.2, 0.25) is 0 Å². The average molecular weight is 357 g/mol. The average Bonchev–Trinajstić information content (AvgIpc) is 3.19. The highest BCUT2D eigenvalue weighted by atomic mass is 32.2. The number of fused-ring (bicyclic) bond motifs is 1. The second-order valence-electron chi connectivity index (χ2n) is 6.97. The first kappa shape index (κ1) is 16.6. The van der Waals surface area contributed by atoms with E-state index in [1.54, 1.807) is 12.1 Å². The van der Waals surface area contributed by atoms with E-state index in [1.807, 2.05) is 43.4 Å². The Morgan fingerprint density at radius 3 is 2.60 bits per heavy atom. The SMILES string of the molecule is CN1CCc2ccc(S(=O)(=O)N3C[C@@H](N)[C@H](c4ccccc4)C3)cc21. The van der Waals surface area contributed by atoms with E-state index in [4.69, 9.17) is 5.73 Å². The monoisotopic (exact) mass is 357 g/mol. The fourth-order valence-corrected chi connectivity index (χ4v) is 5.39. The first-order valence-electron chi connectivity index (χ1n) is 8.61. The second-order valence-corrected chi connectivity index (χ2v) is 8.90. The Hall–Kier alpha value is -1.89. The molecule has 0 bridgehead atoms. The molecule has 2 aliphatic rings. The van der Waals surface area contributed by atoms with Gasteiger partial charge in [-0.25, -0.2) is 8.42 Å². The van der Waals surface area contributed by atoms with Gasteiger partial charge in [0.05, 0.1) is 4.90 Å². The van der Waals surface area contributed by atoms with Gasteiger partial charge in [0, 0.05) is 44.3 Å². The summed E-state index contributed by atoms with van der Waals surface area (Å²) in [5.74, 6) is 0.0353. The van der Waals surface area contributed by atoms with Crippen LogP contribution in [0, 0.1) is 0 Å². The van der Waals surface area contributed by atoms with Crippen LogP contribution in [-0.4, -0.2) is 45.4 Å². The molecule has 0 spiro atoms. The first-order chi connectivity index (χ1) is 12.0. The number of likely N-dealkylation sites (N-methyl/N-ethyl adjacent to an activating group) is 1. The quantitative estimate of drug-likeness (QED) is 0.910. The highest BCUT2D eigenvalue weighted by Crippen LogP contribution is 2.34. The first-order valence-corrected chi connectivity index (χ1v) is 10.1. The molecule has 0 saturated carbocycles. The van der Waals surface area contributed by atoms with Gasteiger partial charge in [0.25, 0.3) is 0 Å². The Morgan fingerprint density at radius 2 is 1.84 bits per heavy atom. The summed E-state index contributed by atoms with van der Waals surface area (Å²) < 4.78 is 27.8. The van der Waals surface area contributed by atoms with Crippen molar-refractivity contribution in [3.8, 4) is 0 Å². The molecule has 0 radical (unpaired) electrons. The van der Waals surface area contributed by atoms with Crippen LogP contribution < -0.4 is 10.6 Å². The summed E-state index contributed by atoms with van der Waals surface area (Å²) >= 11 is 0. The normalized spacial score (nSPS) is 23.8. The largest absolute Gasteiger partial charge is 0.374 e. The fraction of sp³-hybridized carbons (Fsp3) is 0.368. The molecule has 25 heavy (non-hydrogen) atoms. The maximum absolute atomic E-state index is 13.1. The van der Waals surface area contributed by atoms with E-state index in [1.165, 1.54) is 9.87 Å². The summed E-state index contributed by atoms with van der Waals surface area (Å²) in [6, 6.07) is 15.2. The zero-order valence-electron chi connectivity index (χ0n) is 14.3. The van der Waals surface area contributed by atoms with E-state index >= 15 is 0 Å². The number of hydrogen-bond donors (Lipinski definition) is 1. The summed E-state index contributed by atoms with van der Waals surface area (Å²) in [6.45, 7) is 1.72. The van der Waals surface area contributed by atoms with Crippen LogP contribution >= 0.6 is 0 Å². The van der Waals surface area contributed by atoms with Gasteiger partial charge >= 0.3 is 0 Å². The van der Waals surface area contributed by atoms with Gasteiger partial charge in [-0.3, -0.25) is 0 Å². The van der Waals surface area contributed by atoms with Crippen molar-refractivity contribution in [1.29, 1.82) is 0 Å². The number of benzene rings is 2. The predicted octanol–water partition coefficient (Wildman–Crippen LogP) is 1.79. The van der Waals surface area contributed by atoms with E-state index < -0.39 is 10.0 Å². The summed E-state index contributed by atoms with van der Waals surface area (Å²) in [5.41, 5.74) is 9.60. The zero-order chi connectivity index (χ0) is 17.6. The third kappa shape index (κ3) is 2.84. The van der Waals surface area contributed by atoms with Crippen molar-refractivity contribution in [3.05, 3.63) is 59.7 Å². The van der Waals surface area contributed by atoms with E-state index in [-0.39, 0.29) is 12.0 Å². The van der Waals surface area contributed by atoms with Crippen LogP contribution in [0.4, 0.5) is 5.69 Å². The fourth-order valence-electron chi connectivity index (χ4n) is 3.87. The minimum absolute atomic E-state index is 0.0353. The molecule has 2 heterocycles. The molecule has 6 heteroatoms. The lowest BCUT2D eigenvalue weighted by Gasteiger charge is -2.18. The Balaban J connectivity index is 1.62. The van der Waals surface area contributed by atoms with Gasteiger partial charge in [0.1, 0.15) is 0 Å². The standard InChI is InChI=1S/C19H23N3O2S/c1-21-10-9-15-7-8-16(11-19(15)21)25(23,24)22-12-17(18(20)13-22)14-5-3-2-4-6-14/h2-8,11,17-18H,9-10,12-13,20H2,1H3/t17-,18+/m0/s1. The summed E-state index contributed by atoms with van der Waals surface area (Å²) in [6.07, 6.45) is 0.969. The molecule has 5 nitrogen and oxygen atoms in total. The van der Waals surface area contributed by atoms with Crippen molar-refractivity contribution >= 4 is 15.7 Å². The van der Waals surface area contributed by atoms with Crippen LogP contribution in [0.25, 0.3) is 0 Å². The number of rotatable bonds is 3. The molecular formula is C19H23N3O2S. The van der Waals surface area contributed by atoms with Crippen LogP contribution in [-0.2, 0) is 16.4 Å². The molecule has 1 fully saturated rings. The van der Waals surface area contributed by atoms with Gasteiger partial charge in [-0.15, -0.1) is 0 Å². The van der Waals surface area contributed by atoms with Crippen molar-refractivity contribution in [3.63, 3.8) is 0 Å². The molecule has 2 aromatic rings. The minimum Gasteiger partial charge on any atom is -0.374 e. The second kappa shape index (κ2) is 6.12. The van der Waals surface area contributed by atoms with E-state index in [2.05, 4.69) is 4.90 Å². The third-order valence-electron chi connectivity index (χ3n) is 5.38. The molecule has 0 amide bonds. The Kier molecular flexibility index (Phi) is 4.06. The maximum Gasteiger partial charge on any atom is 0.243 e. The van der Waals surface area contributed by atoms with Gasteiger partial charge in [-0.2, -0.15) is 4.31 Å². The lowest BCUT2D eigenvalue weighted by molar-refractivity contribution is 0.470. The molecule has 2 aromatic carbocycles. The Labute approximate surface area is 149 Å². The highest BCUT2D eigenvalue weighted by molar-refractivity contribution is 7.89. The van der Waals surface area contributed by atoms with Gasteiger partial charge in [-0.1, -0.05) is 36.4 Å². The molecule has 2 aliphatic heterocycles. The van der Waals surface area contributed by atoms with Crippen LogP contribution in [0.15, 0.2) is 53.4 Å². The smallest absolute Gasteiger partial charge is 0.243 e. The Bertz CT molecular complexity index is 883. The van der Waals surface area contributed by atoms with E-state index in [9.17, 15) is 8.42 Å². The molecule has 0 aromatic heterocycles. The van der Waals surface area contributed by atoms with E-state index in [0.717, 1.165) is 24.2 Å². The van der Waals surface area contributed by atoms with Crippen molar-refractivity contribution in [2.24, 2.45) is 5.73 Å². The molecule has 2 N–H and O–H groups in total.